The third-order valence-corrected chi connectivity index (χ3v) is 5.77. The van der Waals surface area contributed by atoms with E-state index in [1.165, 1.54) is 0 Å². The third-order valence-electron chi connectivity index (χ3n) is 5.77. The minimum Gasteiger partial charge on any atom is -0.354 e. The Labute approximate surface area is 159 Å². The Bertz CT molecular complexity index is 444. The third kappa shape index (κ3) is 6.78. The van der Waals surface area contributed by atoms with E-state index >= 15 is 0 Å². The van der Waals surface area contributed by atoms with Gasteiger partial charge in [0.05, 0.1) is 6.04 Å². The Hall–Kier alpha value is -0.810. The minimum absolute atomic E-state index is 0. The number of hydrogen-bond donors (Lipinski definition) is 2. The lowest BCUT2D eigenvalue weighted by Gasteiger charge is -2.35. The summed E-state index contributed by atoms with van der Waals surface area (Å²) in [5.41, 5.74) is 0.160. The monoisotopic (exact) mass is 373 g/mol. The number of likely N-dealkylation sites (tertiary alicyclic amines) is 1. The van der Waals surface area contributed by atoms with E-state index < -0.39 is 0 Å². The molecule has 146 valence electrons. The van der Waals surface area contributed by atoms with E-state index in [9.17, 15) is 9.59 Å². The fourth-order valence-corrected chi connectivity index (χ4v) is 3.43. The van der Waals surface area contributed by atoms with Crippen LogP contribution >= 0.6 is 12.4 Å². The van der Waals surface area contributed by atoms with E-state index in [0.29, 0.717) is 24.8 Å². The smallest absolute Gasteiger partial charge is 0.237 e. The van der Waals surface area contributed by atoms with Crippen LogP contribution in [-0.4, -0.2) is 48.9 Å². The van der Waals surface area contributed by atoms with Gasteiger partial charge in [-0.1, -0.05) is 27.7 Å². The summed E-state index contributed by atoms with van der Waals surface area (Å²) in [6.45, 7) is 12.0. The predicted octanol–water partition coefficient (Wildman–Crippen LogP) is 2.59. The molecule has 0 aromatic rings. The molecule has 2 N–H and O–H groups in total. The molecule has 2 saturated heterocycles. The number of hydrogen-bond acceptors (Lipinski definition) is 3. The summed E-state index contributed by atoms with van der Waals surface area (Å²) in [7, 11) is 0. The molecule has 0 bridgehead atoms. The zero-order valence-corrected chi connectivity index (χ0v) is 17.1. The number of carbonyl (C=O) groups excluding carboxylic acids is 2. The van der Waals surface area contributed by atoms with Gasteiger partial charge in [-0.2, -0.15) is 0 Å². The van der Waals surface area contributed by atoms with Crippen LogP contribution in [0.25, 0.3) is 0 Å². The van der Waals surface area contributed by atoms with Crippen LogP contribution in [0.1, 0.15) is 59.8 Å². The average Bonchev–Trinajstić information content (AvgIpc) is 3.06. The van der Waals surface area contributed by atoms with E-state index in [1.807, 2.05) is 4.90 Å². The average molecular weight is 374 g/mol. The highest BCUT2D eigenvalue weighted by molar-refractivity contribution is 5.85. The number of halogens is 1. The summed E-state index contributed by atoms with van der Waals surface area (Å²) in [5, 5.41) is 6.31. The zero-order chi connectivity index (χ0) is 17.7. The molecule has 0 spiro atoms. The second-order valence-corrected chi connectivity index (χ2v) is 8.71. The van der Waals surface area contributed by atoms with Crippen molar-refractivity contribution in [3.05, 3.63) is 0 Å². The Kier molecular flexibility index (Phi) is 8.69. The first kappa shape index (κ1) is 22.2. The van der Waals surface area contributed by atoms with Crippen LogP contribution in [-0.2, 0) is 9.59 Å². The lowest BCUT2D eigenvalue weighted by atomic mass is 9.80. The minimum atomic E-state index is -0.0149. The van der Waals surface area contributed by atoms with Gasteiger partial charge in [-0.05, 0) is 49.5 Å². The topological polar surface area (TPSA) is 61.4 Å². The maximum Gasteiger partial charge on any atom is 0.237 e. The predicted molar refractivity (Wildman–Crippen MR) is 104 cm³/mol. The van der Waals surface area contributed by atoms with E-state index in [-0.39, 0.29) is 35.7 Å². The van der Waals surface area contributed by atoms with E-state index in [4.69, 9.17) is 0 Å². The standard InChI is InChI=1S/C19H35N3O2.ClH/c1-14(19(2,3)4)11-17(23)22-10-6-7-15(13-22)12-21-18(24)16-8-5-9-20-16;/h14-16,20H,5-13H2,1-4H3,(H,21,24);1H. The summed E-state index contributed by atoms with van der Waals surface area (Å²) >= 11 is 0. The summed E-state index contributed by atoms with van der Waals surface area (Å²) in [6, 6.07) is -0.0149. The molecule has 2 heterocycles. The molecule has 5 nitrogen and oxygen atoms in total. The molecule has 0 radical (unpaired) electrons. The zero-order valence-electron chi connectivity index (χ0n) is 16.3. The highest BCUT2D eigenvalue weighted by atomic mass is 35.5. The molecule has 25 heavy (non-hydrogen) atoms. The maximum atomic E-state index is 12.6. The largest absolute Gasteiger partial charge is 0.354 e. The highest BCUT2D eigenvalue weighted by Gasteiger charge is 2.29. The quantitative estimate of drug-likeness (QED) is 0.778. The van der Waals surface area contributed by atoms with Gasteiger partial charge < -0.3 is 15.5 Å². The number of carbonyl (C=O) groups is 2. The van der Waals surface area contributed by atoms with Crippen LogP contribution in [0.4, 0.5) is 0 Å². The van der Waals surface area contributed by atoms with Gasteiger partial charge in [0.25, 0.3) is 0 Å². The van der Waals surface area contributed by atoms with Crippen LogP contribution in [0.2, 0.25) is 0 Å². The molecule has 2 rings (SSSR count). The van der Waals surface area contributed by atoms with Crippen molar-refractivity contribution in [3.63, 3.8) is 0 Å². The normalized spacial score (nSPS) is 25.2. The first-order valence-electron chi connectivity index (χ1n) is 9.56. The van der Waals surface area contributed by atoms with Crippen molar-refractivity contribution in [2.45, 2.75) is 65.8 Å². The van der Waals surface area contributed by atoms with Gasteiger partial charge in [-0.15, -0.1) is 12.4 Å². The molecule has 3 unspecified atom stereocenters. The number of rotatable bonds is 5. The Morgan fingerprint density at radius 3 is 2.56 bits per heavy atom. The second-order valence-electron chi connectivity index (χ2n) is 8.71. The van der Waals surface area contributed by atoms with Crippen molar-refractivity contribution in [2.75, 3.05) is 26.2 Å². The molecule has 2 fully saturated rings. The van der Waals surface area contributed by atoms with Crippen LogP contribution in [0.15, 0.2) is 0 Å². The second kappa shape index (κ2) is 9.77. The summed E-state index contributed by atoms with van der Waals surface area (Å²) in [4.78, 5) is 26.7. The number of amides is 2. The van der Waals surface area contributed by atoms with E-state index in [2.05, 4.69) is 38.3 Å². The SMILES string of the molecule is CC(CC(=O)N1CCCC(CNC(=O)C2CCCN2)C1)C(C)(C)C.Cl. The summed E-state index contributed by atoms with van der Waals surface area (Å²) in [5.74, 6) is 1.15. The van der Waals surface area contributed by atoms with Gasteiger partial charge >= 0.3 is 0 Å². The Balaban J connectivity index is 0.00000312. The molecular weight excluding hydrogens is 338 g/mol. The molecule has 0 saturated carbocycles. The Morgan fingerprint density at radius 1 is 1.24 bits per heavy atom. The van der Waals surface area contributed by atoms with Crippen LogP contribution in [0, 0.1) is 17.3 Å². The molecule has 3 atom stereocenters. The van der Waals surface area contributed by atoms with Crippen LogP contribution < -0.4 is 10.6 Å². The molecule has 6 heteroatoms. The number of piperidine rings is 1. The van der Waals surface area contributed by atoms with Crippen molar-refractivity contribution in [2.24, 2.45) is 17.3 Å². The summed E-state index contributed by atoms with van der Waals surface area (Å²) < 4.78 is 0. The Morgan fingerprint density at radius 2 is 1.96 bits per heavy atom. The maximum absolute atomic E-state index is 12.6. The first-order chi connectivity index (χ1) is 11.3. The van der Waals surface area contributed by atoms with Crippen molar-refractivity contribution >= 4 is 24.2 Å². The van der Waals surface area contributed by atoms with Crippen LogP contribution in [0.5, 0.6) is 0 Å². The molecule has 0 aliphatic carbocycles. The van der Waals surface area contributed by atoms with Crippen LogP contribution in [0.3, 0.4) is 0 Å². The fraction of sp³-hybridized carbons (Fsp3) is 0.895. The first-order valence-corrected chi connectivity index (χ1v) is 9.56. The number of nitrogens with one attached hydrogen (secondary N) is 2. The van der Waals surface area contributed by atoms with Crippen molar-refractivity contribution < 1.29 is 9.59 Å². The van der Waals surface area contributed by atoms with Gasteiger partial charge in [0.15, 0.2) is 0 Å². The lowest BCUT2D eigenvalue weighted by Crippen LogP contribution is -2.47. The van der Waals surface area contributed by atoms with E-state index in [1.54, 1.807) is 0 Å². The van der Waals surface area contributed by atoms with Gasteiger partial charge in [0.1, 0.15) is 0 Å². The van der Waals surface area contributed by atoms with Crippen molar-refractivity contribution in [3.8, 4) is 0 Å². The molecule has 0 aromatic carbocycles. The number of nitrogens with zero attached hydrogens (tertiary/aromatic N) is 1. The summed E-state index contributed by atoms with van der Waals surface area (Å²) in [6.07, 6.45) is 4.77. The van der Waals surface area contributed by atoms with E-state index in [0.717, 1.165) is 45.3 Å². The molecule has 2 aliphatic rings. The van der Waals surface area contributed by atoms with Crippen molar-refractivity contribution in [1.29, 1.82) is 0 Å². The highest BCUT2D eigenvalue weighted by Crippen LogP contribution is 2.29. The van der Waals surface area contributed by atoms with Gasteiger partial charge in [0.2, 0.25) is 11.8 Å². The molecular formula is C19H36ClN3O2. The van der Waals surface area contributed by atoms with Gasteiger partial charge in [-0.3, -0.25) is 9.59 Å². The molecule has 0 aromatic heterocycles. The lowest BCUT2D eigenvalue weighted by molar-refractivity contribution is -0.134. The van der Waals surface area contributed by atoms with Gasteiger partial charge in [0, 0.05) is 26.1 Å². The van der Waals surface area contributed by atoms with Gasteiger partial charge in [-0.25, -0.2) is 0 Å². The molecule has 2 amide bonds. The van der Waals surface area contributed by atoms with Crippen molar-refractivity contribution in [1.82, 2.24) is 15.5 Å². The molecule has 2 aliphatic heterocycles. The fourth-order valence-electron chi connectivity index (χ4n) is 3.43.